The van der Waals surface area contributed by atoms with E-state index in [4.69, 9.17) is 11.5 Å². The largest absolute Gasteiger partial charge is 0.405 e. The Labute approximate surface area is 68.3 Å². The number of hydrogen-bond donors (Lipinski definition) is 2. The first-order valence-corrected chi connectivity index (χ1v) is 3.71. The lowest BCUT2D eigenvalue weighted by atomic mass is 10.1. The van der Waals surface area contributed by atoms with Gasteiger partial charge in [-0.2, -0.15) is 0 Å². The van der Waals surface area contributed by atoms with E-state index in [9.17, 15) is 0 Å². The summed E-state index contributed by atoms with van der Waals surface area (Å²) in [7, 11) is 0. The molecule has 0 aliphatic rings. The molecular formula is C9H16N2. The van der Waals surface area contributed by atoms with Crippen LogP contribution in [0.3, 0.4) is 0 Å². The fourth-order valence-electron chi connectivity index (χ4n) is 0.663. The summed E-state index contributed by atoms with van der Waals surface area (Å²) in [4.78, 5) is 0. The van der Waals surface area contributed by atoms with Crippen molar-refractivity contribution in [3.05, 3.63) is 36.1 Å². The van der Waals surface area contributed by atoms with Gasteiger partial charge in [-0.05, 0) is 24.3 Å². The first-order chi connectivity index (χ1) is 5.24. The molecule has 0 aliphatic heterocycles. The summed E-state index contributed by atoms with van der Waals surface area (Å²) in [6.45, 7) is 6.40. The smallest absolute Gasteiger partial charge is 0.0178 e. The van der Waals surface area contributed by atoms with Gasteiger partial charge in [0, 0.05) is 6.54 Å². The van der Waals surface area contributed by atoms with Gasteiger partial charge in [0.25, 0.3) is 0 Å². The molecule has 62 valence electrons. The van der Waals surface area contributed by atoms with E-state index in [1.165, 1.54) is 6.20 Å². The summed E-state index contributed by atoms with van der Waals surface area (Å²) in [5.41, 5.74) is 12.7. The maximum Gasteiger partial charge on any atom is 0.0178 e. The van der Waals surface area contributed by atoms with Crippen molar-refractivity contribution in [1.29, 1.82) is 0 Å². The van der Waals surface area contributed by atoms with E-state index in [1.54, 1.807) is 6.08 Å². The molecule has 0 atom stereocenters. The minimum absolute atomic E-state index is 0.507. The Morgan fingerprint density at radius 3 is 2.55 bits per heavy atom. The summed E-state index contributed by atoms with van der Waals surface area (Å²) in [5.74, 6) is 0. The first kappa shape index (κ1) is 9.98. The Morgan fingerprint density at radius 2 is 2.18 bits per heavy atom. The second-order valence-corrected chi connectivity index (χ2v) is 2.29. The molecule has 0 aromatic rings. The molecule has 0 aliphatic carbocycles. The Kier molecular flexibility index (Phi) is 5.21. The monoisotopic (exact) mass is 152 g/mol. The third kappa shape index (κ3) is 4.39. The van der Waals surface area contributed by atoms with Crippen LogP contribution >= 0.6 is 0 Å². The molecule has 0 heterocycles. The van der Waals surface area contributed by atoms with Crippen molar-refractivity contribution < 1.29 is 0 Å². The molecule has 0 aromatic heterocycles. The van der Waals surface area contributed by atoms with Gasteiger partial charge < -0.3 is 11.5 Å². The highest BCUT2D eigenvalue weighted by Crippen LogP contribution is 2.03. The number of allylic oxidation sites excluding steroid dienone is 2. The van der Waals surface area contributed by atoms with Gasteiger partial charge in [0.2, 0.25) is 0 Å². The maximum atomic E-state index is 5.45. The number of hydrogen-bond acceptors (Lipinski definition) is 2. The molecular weight excluding hydrogens is 136 g/mol. The lowest BCUT2D eigenvalue weighted by Crippen LogP contribution is -2.01. The number of rotatable bonds is 4. The normalized spacial score (nSPS) is 12.4. The second-order valence-electron chi connectivity index (χ2n) is 2.29. The highest BCUT2D eigenvalue weighted by molar-refractivity contribution is 5.28. The van der Waals surface area contributed by atoms with E-state index in [2.05, 4.69) is 13.5 Å². The molecule has 0 rings (SSSR count). The number of nitrogens with two attached hydrogens (primary N) is 2. The molecule has 11 heavy (non-hydrogen) atoms. The van der Waals surface area contributed by atoms with Crippen molar-refractivity contribution in [2.24, 2.45) is 11.5 Å². The molecule has 0 radical (unpaired) electrons. The zero-order valence-electron chi connectivity index (χ0n) is 7.01. The third-order valence-corrected chi connectivity index (χ3v) is 1.39. The molecule has 2 nitrogen and oxygen atoms in total. The Hall–Kier alpha value is -1.02. The highest BCUT2D eigenvalue weighted by Gasteiger charge is 1.88. The average Bonchev–Trinajstić information content (AvgIpc) is 2.03. The van der Waals surface area contributed by atoms with Crippen LogP contribution in [0.1, 0.15) is 13.3 Å². The van der Waals surface area contributed by atoms with Crippen LogP contribution in [0.4, 0.5) is 0 Å². The van der Waals surface area contributed by atoms with Crippen molar-refractivity contribution in [2.75, 3.05) is 6.54 Å². The molecule has 0 spiro atoms. The summed E-state index contributed by atoms with van der Waals surface area (Å²) in [6.07, 6.45) is 6.19. The van der Waals surface area contributed by atoms with E-state index in [-0.39, 0.29) is 0 Å². The van der Waals surface area contributed by atoms with Gasteiger partial charge in [0.1, 0.15) is 0 Å². The van der Waals surface area contributed by atoms with Gasteiger partial charge in [0.15, 0.2) is 0 Å². The molecule has 0 saturated heterocycles. The van der Waals surface area contributed by atoms with Crippen LogP contribution in [0.2, 0.25) is 0 Å². The van der Waals surface area contributed by atoms with E-state index < -0.39 is 0 Å². The zero-order chi connectivity index (χ0) is 8.69. The van der Waals surface area contributed by atoms with Crippen LogP contribution in [0, 0.1) is 0 Å². The van der Waals surface area contributed by atoms with Crippen LogP contribution in [0.5, 0.6) is 0 Å². The Balaban J connectivity index is 4.22. The van der Waals surface area contributed by atoms with Crippen LogP contribution in [-0.4, -0.2) is 6.54 Å². The molecule has 0 fully saturated rings. The topological polar surface area (TPSA) is 52.0 Å². The molecule has 0 bridgehead atoms. The fourth-order valence-corrected chi connectivity index (χ4v) is 0.663. The van der Waals surface area contributed by atoms with Crippen molar-refractivity contribution in [3.8, 4) is 0 Å². The van der Waals surface area contributed by atoms with E-state index in [1.807, 2.05) is 6.08 Å². The molecule has 0 aromatic carbocycles. The quantitative estimate of drug-likeness (QED) is 0.597. The minimum Gasteiger partial charge on any atom is -0.405 e. The molecule has 2 heteroatoms. The van der Waals surface area contributed by atoms with E-state index in [0.29, 0.717) is 6.54 Å². The molecule has 4 N–H and O–H groups in total. The van der Waals surface area contributed by atoms with Gasteiger partial charge in [-0.3, -0.25) is 0 Å². The fraction of sp³-hybridized carbons (Fsp3) is 0.333. The van der Waals surface area contributed by atoms with Gasteiger partial charge in [-0.25, -0.2) is 0 Å². The van der Waals surface area contributed by atoms with Gasteiger partial charge in [-0.15, -0.1) is 0 Å². The summed E-state index contributed by atoms with van der Waals surface area (Å²) >= 11 is 0. The van der Waals surface area contributed by atoms with E-state index >= 15 is 0 Å². The average molecular weight is 152 g/mol. The predicted molar refractivity (Wildman–Crippen MR) is 49.9 cm³/mol. The first-order valence-electron chi connectivity index (χ1n) is 3.71. The van der Waals surface area contributed by atoms with Crippen LogP contribution in [-0.2, 0) is 0 Å². The minimum atomic E-state index is 0.507. The van der Waals surface area contributed by atoms with Crippen LogP contribution in [0.15, 0.2) is 36.1 Å². The predicted octanol–water partition coefficient (Wildman–Crippen LogP) is 1.31. The van der Waals surface area contributed by atoms with Gasteiger partial charge in [-0.1, -0.05) is 25.2 Å². The lowest BCUT2D eigenvalue weighted by Gasteiger charge is -1.97. The summed E-state index contributed by atoms with van der Waals surface area (Å²) in [5, 5.41) is 0. The summed E-state index contributed by atoms with van der Waals surface area (Å²) in [6, 6.07) is 0. The summed E-state index contributed by atoms with van der Waals surface area (Å²) < 4.78 is 0. The molecule has 0 amide bonds. The standard InChI is InChI=1S/C9H16N2/c1-3-8(2)6-9(7-11)4-5-10/h4-6H,2-3,7,10-11H2,1H3/b5-4-,9-6+. The Morgan fingerprint density at radius 1 is 1.55 bits per heavy atom. The van der Waals surface area contributed by atoms with Gasteiger partial charge >= 0.3 is 0 Å². The van der Waals surface area contributed by atoms with Gasteiger partial charge in [0.05, 0.1) is 0 Å². The van der Waals surface area contributed by atoms with Crippen molar-refractivity contribution >= 4 is 0 Å². The molecule has 0 unspecified atom stereocenters. The van der Waals surface area contributed by atoms with Crippen LogP contribution < -0.4 is 11.5 Å². The zero-order valence-corrected chi connectivity index (χ0v) is 7.01. The van der Waals surface area contributed by atoms with Crippen molar-refractivity contribution in [3.63, 3.8) is 0 Å². The maximum absolute atomic E-state index is 5.45. The third-order valence-electron chi connectivity index (χ3n) is 1.39. The van der Waals surface area contributed by atoms with E-state index in [0.717, 1.165) is 17.6 Å². The van der Waals surface area contributed by atoms with Crippen molar-refractivity contribution in [1.82, 2.24) is 0 Å². The lowest BCUT2D eigenvalue weighted by molar-refractivity contribution is 1.12. The Bertz CT molecular complexity index is 178. The SMILES string of the molecule is C=C(/C=C(\C=C/N)CN)CC. The molecule has 0 saturated carbocycles. The highest BCUT2D eigenvalue weighted by atomic mass is 14.5. The van der Waals surface area contributed by atoms with Crippen molar-refractivity contribution in [2.45, 2.75) is 13.3 Å². The second kappa shape index (κ2) is 5.74. The van der Waals surface area contributed by atoms with Crippen LogP contribution in [0.25, 0.3) is 0 Å².